The molecule has 0 spiro atoms. The maximum absolute atomic E-state index is 13.1. The second-order valence-electron chi connectivity index (χ2n) is 6.46. The van der Waals surface area contributed by atoms with E-state index in [-0.39, 0.29) is 23.8 Å². The zero-order valence-electron chi connectivity index (χ0n) is 14.5. The molecule has 132 valence electrons. The minimum Gasteiger partial charge on any atom is -0.506 e. The van der Waals surface area contributed by atoms with Crippen LogP contribution in [0.5, 0.6) is 5.75 Å². The molecule has 1 aliphatic rings. The van der Waals surface area contributed by atoms with E-state index < -0.39 is 0 Å². The van der Waals surface area contributed by atoms with E-state index in [2.05, 4.69) is 9.88 Å². The molecule has 0 bridgehead atoms. The quantitative estimate of drug-likeness (QED) is 0.920. The van der Waals surface area contributed by atoms with Crippen molar-refractivity contribution < 1.29 is 14.6 Å². The third-order valence-electron chi connectivity index (χ3n) is 4.27. The Morgan fingerprint density at radius 3 is 2.76 bits per heavy atom. The zero-order valence-corrected chi connectivity index (χ0v) is 14.5. The van der Waals surface area contributed by atoms with Gasteiger partial charge >= 0.3 is 0 Å². The summed E-state index contributed by atoms with van der Waals surface area (Å²) in [6, 6.07) is 11.2. The first-order valence-corrected chi connectivity index (χ1v) is 8.32. The van der Waals surface area contributed by atoms with Gasteiger partial charge in [0.1, 0.15) is 5.75 Å². The van der Waals surface area contributed by atoms with Gasteiger partial charge in [-0.1, -0.05) is 30.3 Å². The molecule has 3 rings (SSSR count). The number of likely N-dealkylation sites (N-methyl/N-ethyl adjacent to an activating group) is 1. The topological polar surface area (TPSA) is 65.9 Å². The Morgan fingerprint density at radius 2 is 2.08 bits per heavy atom. The normalized spacial score (nSPS) is 20.7. The number of nitrogens with zero attached hydrogens (tertiary/aromatic N) is 3. The van der Waals surface area contributed by atoms with Crippen LogP contribution in [0, 0.1) is 0 Å². The molecule has 2 atom stereocenters. The molecule has 2 aromatic rings. The Hall–Kier alpha value is -2.44. The van der Waals surface area contributed by atoms with Crippen LogP contribution in [0.4, 0.5) is 0 Å². The number of morpholine rings is 1. The molecule has 1 aromatic heterocycles. The predicted octanol–water partition coefficient (Wildman–Crippen LogP) is 1.93. The van der Waals surface area contributed by atoms with E-state index in [4.69, 9.17) is 4.74 Å². The van der Waals surface area contributed by atoms with Crippen molar-refractivity contribution in [1.29, 1.82) is 0 Å². The minimum atomic E-state index is -0.188. The van der Waals surface area contributed by atoms with Crippen molar-refractivity contribution in [2.45, 2.75) is 12.1 Å². The molecule has 1 saturated heterocycles. The van der Waals surface area contributed by atoms with E-state index in [9.17, 15) is 9.90 Å². The summed E-state index contributed by atoms with van der Waals surface area (Å²) in [6.07, 6.45) is 2.68. The molecule has 1 amide bonds. The standard InChI is InChI=1S/C19H23N3O3/c1-21(2)13-17-18(14-6-4-3-5-7-14)22(8-9-25-17)19(24)15-10-16(23)12-20-11-15/h3-7,10-12,17-18,23H,8-9,13H2,1-2H3/t17-,18-/m0/s1. The average molecular weight is 341 g/mol. The van der Waals surface area contributed by atoms with E-state index in [1.54, 1.807) is 0 Å². The lowest BCUT2D eigenvalue weighted by Gasteiger charge is -2.42. The van der Waals surface area contributed by atoms with Crippen LogP contribution in [0.3, 0.4) is 0 Å². The first-order valence-electron chi connectivity index (χ1n) is 8.32. The molecule has 25 heavy (non-hydrogen) atoms. The summed E-state index contributed by atoms with van der Waals surface area (Å²) in [5.41, 5.74) is 1.42. The molecule has 0 radical (unpaired) electrons. The molecule has 6 nitrogen and oxygen atoms in total. The number of ether oxygens (including phenoxy) is 1. The predicted molar refractivity (Wildman–Crippen MR) is 94.4 cm³/mol. The minimum absolute atomic E-state index is 0.0137. The summed E-state index contributed by atoms with van der Waals surface area (Å²) in [4.78, 5) is 20.9. The number of carbonyl (C=O) groups is 1. The third-order valence-corrected chi connectivity index (χ3v) is 4.27. The monoisotopic (exact) mass is 341 g/mol. The van der Waals surface area contributed by atoms with Crippen molar-refractivity contribution in [3.05, 3.63) is 59.9 Å². The van der Waals surface area contributed by atoms with Crippen molar-refractivity contribution in [2.75, 3.05) is 33.8 Å². The second-order valence-corrected chi connectivity index (χ2v) is 6.46. The van der Waals surface area contributed by atoms with E-state index in [1.807, 2.05) is 49.3 Å². The van der Waals surface area contributed by atoms with Gasteiger partial charge < -0.3 is 19.6 Å². The summed E-state index contributed by atoms with van der Waals surface area (Å²) in [6.45, 7) is 1.69. The number of benzene rings is 1. The van der Waals surface area contributed by atoms with Crippen molar-refractivity contribution in [3.63, 3.8) is 0 Å². The number of pyridine rings is 1. The number of carbonyl (C=O) groups excluding carboxylic acids is 1. The third kappa shape index (κ3) is 3.97. The molecule has 6 heteroatoms. The van der Waals surface area contributed by atoms with Crippen LogP contribution in [-0.4, -0.2) is 65.7 Å². The summed E-state index contributed by atoms with van der Waals surface area (Å²) in [5.74, 6) is -0.162. The highest BCUT2D eigenvalue weighted by atomic mass is 16.5. The molecular weight excluding hydrogens is 318 g/mol. The number of aromatic nitrogens is 1. The lowest BCUT2D eigenvalue weighted by Crippen LogP contribution is -2.51. The van der Waals surface area contributed by atoms with Crippen LogP contribution in [-0.2, 0) is 4.74 Å². The summed E-state index contributed by atoms with van der Waals surface area (Å²) >= 11 is 0. The number of rotatable bonds is 4. The van der Waals surface area contributed by atoms with Crippen molar-refractivity contribution >= 4 is 5.91 Å². The maximum atomic E-state index is 13.1. The summed E-state index contributed by atoms with van der Waals surface area (Å²) < 4.78 is 6.00. The van der Waals surface area contributed by atoms with Gasteiger partial charge in [0.05, 0.1) is 30.5 Å². The smallest absolute Gasteiger partial charge is 0.256 e. The average Bonchev–Trinajstić information content (AvgIpc) is 2.61. The van der Waals surface area contributed by atoms with E-state index in [0.29, 0.717) is 25.3 Å². The molecule has 1 N–H and O–H groups in total. The highest BCUT2D eigenvalue weighted by Crippen LogP contribution is 2.31. The Balaban J connectivity index is 1.95. The Morgan fingerprint density at radius 1 is 1.32 bits per heavy atom. The van der Waals surface area contributed by atoms with E-state index >= 15 is 0 Å². The van der Waals surface area contributed by atoms with Crippen molar-refractivity contribution in [3.8, 4) is 5.75 Å². The summed E-state index contributed by atoms with van der Waals surface area (Å²) in [7, 11) is 3.98. The first-order chi connectivity index (χ1) is 12.1. The van der Waals surface area contributed by atoms with Crippen molar-refractivity contribution in [2.24, 2.45) is 0 Å². The van der Waals surface area contributed by atoms with Gasteiger partial charge in [0.25, 0.3) is 5.91 Å². The van der Waals surface area contributed by atoms with Gasteiger partial charge in [-0.2, -0.15) is 0 Å². The van der Waals surface area contributed by atoms with Crippen LogP contribution in [0.15, 0.2) is 48.8 Å². The van der Waals surface area contributed by atoms with Gasteiger partial charge in [0, 0.05) is 19.3 Å². The fraction of sp³-hybridized carbons (Fsp3) is 0.368. The van der Waals surface area contributed by atoms with Gasteiger partial charge in [0.15, 0.2) is 0 Å². The Bertz CT molecular complexity index is 721. The molecule has 1 aromatic carbocycles. The van der Waals surface area contributed by atoms with Gasteiger partial charge in [-0.05, 0) is 25.7 Å². The van der Waals surface area contributed by atoms with E-state index in [0.717, 1.165) is 5.56 Å². The van der Waals surface area contributed by atoms with Crippen molar-refractivity contribution in [1.82, 2.24) is 14.8 Å². The SMILES string of the molecule is CN(C)C[C@@H]1OCCN(C(=O)c2cncc(O)c2)[C@H]1c1ccccc1. The fourth-order valence-corrected chi connectivity index (χ4v) is 3.23. The molecule has 0 saturated carbocycles. The maximum Gasteiger partial charge on any atom is 0.256 e. The largest absolute Gasteiger partial charge is 0.506 e. The van der Waals surface area contributed by atoms with Crippen LogP contribution in [0.25, 0.3) is 0 Å². The number of aromatic hydroxyl groups is 1. The van der Waals surface area contributed by atoms with Gasteiger partial charge in [-0.3, -0.25) is 9.78 Å². The lowest BCUT2D eigenvalue weighted by atomic mass is 9.96. The van der Waals surface area contributed by atoms with Crippen LogP contribution < -0.4 is 0 Å². The summed E-state index contributed by atoms with van der Waals surface area (Å²) in [5, 5.41) is 9.65. The molecule has 0 aliphatic carbocycles. The first kappa shape index (κ1) is 17.4. The molecule has 1 fully saturated rings. The Kier molecular flexibility index (Phi) is 5.31. The molecule has 0 unspecified atom stereocenters. The highest BCUT2D eigenvalue weighted by molar-refractivity contribution is 5.94. The van der Waals surface area contributed by atoms with Gasteiger partial charge in [-0.25, -0.2) is 0 Å². The van der Waals surface area contributed by atoms with Crippen LogP contribution in [0.1, 0.15) is 22.0 Å². The number of amides is 1. The lowest BCUT2D eigenvalue weighted by molar-refractivity contribution is -0.0684. The fourth-order valence-electron chi connectivity index (χ4n) is 3.23. The Labute approximate surface area is 147 Å². The van der Waals surface area contributed by atoms with Crippen LogP contribution in [0.2, 0.25) is 0 Å². The second kappa shape index (κ2) is 7.63. The number of hydrogen-bond acceptors (Lipinski definition) is 5. The highest BCUT2D eigenvalue weighted by Gasteiger charge is 2.37. The molecule has 1 aliphatic heterocycles. The van der Waals surface area contributed by atoms with Gasteiger partial charge in [0.2, 0.25) is 0 Å². The molecular formula is C19H23N3O3. The molecule has 2 heterocycles. The van der Waals surface area contributed by atoms with E-state index in [1.165, 1.54) is 18.5 Å². The van der Waals surface area contributed by atoms with Crippen LogP contribution >= 0.6 is 0 Å². The number of hydrogen-bond donors (Lipinski definition) is 1. The van der Waals surface area contributed by atoms with Gasteiger partial charge in [-0.15, -0.1) is 0 Å². The zero-order chi connectivity index (χ0) is 17.8.